The number of ether oxygens (including phenoxy) is 1. The smallest absolute Gasteiger partial charge is 0.335 e. The van der Waals surface area contributed by atoms with Gasteiger partial charge in [0.25, 0.3) is 11.8 Å². The predicted octanol–water partition coefficient (Wildman–Crippen LogP) is 5.55. The summed E-state index contributed by atoms with van der Waals surface area (Å²) in [6, 6.07) is 18.1. The molecule has 1 N–H and O–H groups in total. The van der Waals surface area contributed by atoms with Crippen LogP contribution in [0.2, 0.25) is 10.0 Å². The average Bonchev–Trinajstić information content (AvgIpc) is 2.78. The van der Waals surface area contributed by atoms with Crippen molar-refractivity contribution in [3.05, 3.63) is 99.0 Å². The van der Waals surface area contributed by atoms with Gasteiger partial charge in [0.15, 0.2) is 0 Å². The molecule has 0 unspecified atom stereocenters. The zero-order valence-corrected chi connectivity index (χ0v) is 19.0. The van der Waals surface area contributed by atoms with E-state index in [1.54, 1.807) is 30.3 Å². The molecule has 33 heavy (non-hydrogen) atoms. The second-order valence-corrected chi connectivity index (χ2v) is 8.26. The molecule has 6 nitrogen and oxygen atoms in total. The van der Waals surface area contributed by atoms with Crippen LogP contribution in [-0.2, 0) is 16.2 Å². The lowest BCUT2D eigenvalue weighted by atomic mass is 10.1. The fourth-order valence-corrected chi connectivity index (χ4v) is 3.55. The zero-order chi connectivity index (χ0) is 23.5. The van der Waals surface area contributed by atoms with Gasteiger partial charge in [-0.2, -0.15) is 0 Å². The molecule has 3 aromatic carbocycles. The number of barbiturate groups is 1. The Morgan fingerprint density at radius 1 is 0.909 bits per heavy atom. The number of hydrogen-bond acceptors (Lipinski definition) is 4. The lowest BCUT2D eigenvalue weighted by Gasteiger charge is -2.26. The number of anilines is 1. The van der Waals surface area contributed by atoms with Crippen molar-refractivity contribution in [2.45, 2.75) is 13.5 Å². The molecule has 8 heteroatoms. The number of carbonyl (C=O) groups is 3. The second-order valence-electron chi connectivity index (χ2n) is 7.39. The maximum absolute atomic E-state index is 13.1. The number of urea groups is 1. The van der Waals surface area contributed by atoms with Crippen molar-refractivity contribution in [2.24, 2.45) is 0 Å². The third kappa shape index (κ3) is 5.08. The van der Waals surface area contributed by atoms with E-state index in [0.717, 1.165) is 16.0 Å². The molecule has 1 aliphatic rings. The van der Waals surface area contributed by atoms with E-state index in [9.17, 15) is 14.4 Å². The molecular weight excluding hydrogens is 463 g/mol. The van der Waals surface area contributed by atoms with Gasteiger partial charge in [-0.25, -0.2) is 9.69 Å². The Hall–Kier alpha value is -3.61. The van der Waals surface area contributed by atoms with E-state index in [1.807, 2.05) is 31.2 Å². The van der Waals surface area contributed by atoms with Gasteiger partial charge < -0.3 is 4.74 Å². The van der Waals surface area contributed by atoms with Crippen LogP contribution in [0.3, 0.4) is 0 Å². The summed E-state index contributed by atoms with van der Waals surface area (Å²) in [5, 5.41) is 3.04. The molecule has 0 spiro atoms. The van der Waals surface area contributed by atoms with Crippen LogP contribution >= 0.6 is 23.2 Å². The number of rotatable bonds is 5. The van der Waals surface area contributed by atoms with Crippen molar-refractivity contribution in [3.8, 4) is 5.75 Å². The van der Waals surface area contributed by atoms with Gasteiger partial charge >= 0.3 is 6.03 Å². The predicted molar refractivity (Wildman–Crippen MR) is 127 cm³/mol. The maximum atomic E-state index is 13.1. The topological polar surface area (TPSA) is 75.7 Å². The minimum atomic E-state index is -0.841. The van der Waals surface area contributed by atoms with Crippen molar-refractivity contribution >= 4 is 52.8 Å². The molecule has 1 saturated heterocycles. The first-order valence-electron chi connectivity index (χ1n) is 9.97. The van der Waals surface area contributed by atoms with Crippen molar-refractivity contribution in [1.82, 2.24) is 5.32 Å². The molecule has 3 aromatic rings. The quantitative estimate of drug-likeness (QED) is 0.383. The number of amides is 4. The lowest BCUT2D eigenvalue weighted by molar-refractivity contribution is -0.122. The van der Waals surface area contributed by atoms with Crippen LogP contribution in [0.25, 0.3) is 6.08 Å². The number of carbonyl (C=O) groups excluding carboxylic acids is 3. The van der Waals surface area contributed by atoms with E-state index < -0.39 is 17.8 Å². The SMILES string of the molecule is Cc1ccc(COc2ccc(Cl)cc2/C=C2\C(=O)NC(=O)N(c3ccc(Cl)cc3)C2=O)cc1. The van der Waals surface area contributed by atoms with E-state index in [0.29, 0.717) is 21.4 Å². The largest absolute Gasteiger partial charge is 0.488 e. The summed E-state index contributed by atoms with van der Waals surface area (Å²) in [5.74, 6) is -1.14. The van der Waals surface area contributed by atoms with Gasteiger partial charge in [0.2, 0.25) is 0 Å². The molecule has 0 saturated carbocycles. The maximum Gasteiger partial charge on any atom is 0.335 e. The summed E-state index contributed by atoms with van der Waals surface area (Å²) in [6.45, 7) is 2.28. The number of nitrogens with zero attached hydrogens (tertiary/aromatic N) is 1. The molecule has 0 aromatic heterocycles. The van der Waals surface area contributed by atoms with Gasteiger partial charge in [-0.3, -0.25) is 14.9 Å². The zero-order valence-electron chi connectivity index (χ0n) is 17.5. The van der Waals surface area contributed by atoms with Gasteiger partial charge in [-0.15, -0.1) is 0 Å². The number of hydrogen-bond donors (Lipinski definition) is 1. The Bertz CT molecular complexity index is 1270. The molecule has 1 aliphatic heterocycles. The lowest BCUT2D eigenvalue weighted by Crippen LogP contribution is -2.54. The molecule has 0 radical (unpaired) electrons. The third-order valence-electron chi connectivity index (χ3n) is 4.97. The number of nitrogens with one attached hydrogen (secondary N) is 1. The standard InChI is InChI=1S/C25H18Cl2N2O4/c1-15-2-4-16(5-3-15)14-33-22-11-8-19(27)12-17(22)13-21-23(30)28-25(32)29(24(21)31)20-9-6-18(26)7-10-20/h2-13H,14H2,1H3,(H,28,30,32)/b21-13+. The number of imide groups is 2. The number of benzene rings is 3. The van der Waals surface area contributed by atoms with E-state index in [-0.39, 0.29) is 17.9 Å². The first-order chi connectivity index (χ1) is 15.8. The normalized spacial score (nSPS) is 15.1. The first kappa shape index (κ1) is 22.6. The summed E-state index contributed by atoms with van der Waals surface area (Å²) in [7, 11) is 0. The molecule has 1 fully saturated rings. The van der Waals surface area contributed by atoms with Gasteiger partial charge in [-0.1, -0.05) is 53.0 Å². The fraction of sp³-hybridized carbons (Fsp3) is 0.0800. The number of halogens is 2. The molecule has 0 aliphatic carbocycles. The minimum absolute atomic E-state index is 0.230. The van der Waals surface area contributed by atoms with E-state index in [1.165, 1.54) is 18.2 Å². The highest BCUT2D eigenvalue weighted by molar-refractivity contribution is 6.39. The molecular formula is C25H18Cl2N2O4. The Balaban J connectivity index is 1.66. The van der Waals surface area contributed by atoms with Crippen molar-refractivity contribution in [3.63, 3.8) is 0 Å². The monoisotopic (exact) mass is 480 g/mol. The Morgan fingerprint density at radius 2 is 1.58 bits per heavy atom. The Kier molecular flexibility index (Phi) is 6.49. The molecule has 1 heterocycles. The molecule has 4 amide bonds. The van der Waals surface area contributed by atoms with E-state index >= 15 is 0 Å². The average molecular weight is 481 g/mol. The highest BCUT2D eigenvalue weighted by Crippen LogP contribution is 2.29. The van der Waals surface area contributed by atoms with Crippen molar-refractivity contribution in [2.75, 3.05) is 4.90 Å². The summed E-state index contributed by atoms with van der Waals surface area (Å²) < 4.78 is 5.93. The summed E-state index contributed by atoms with van der Waals surface area (Å²) in [6.07, 6.45) is 1.36. The summed E-state index contributed by atoms with van der Waals surface area (Å²) in [5.41, 5.74) is 2.57. The Morgan fingerprint density at radius 3 is 2.27 bits per heavy atom. The highest BCUT2D eigenvalue weighted by atomic mass is 35.5. The van der Waals surface area contributed by atoms with Crippen LogP contribution in [0.5, 0.6) is 5.75 Å². The van der Waals surface area contributed by atoms with Crippen LogP contribution in [0.1, 0.15) is 16.7 Å². The Labute approximate surface area is 200 Å². The van der Waals surface area contributed by atoms with Gasteiger partial charge in [0.05, 0.1) is 5.69 Å². The third-order valence-corrected chi connectivity index (χ3v) is 5.46. The fourth-order valence-electron chi connectivity index (χ4n) is 3.25. The van der Waals surface area contributed by atoms with Gasteiger partial charge in [-0.05, 0) is 61.0 Å². The van der Waals surface area contributed by atoms with Crippen molar-refractivity contribution < 1.29 is 19.1 Å². The van der Waals surface area contributed by atoms with Gasteiger partial charge in [0, 0.05) is 15.6 Å². The molecule has 0 bridgehead atoms. The minimum Gasteiger partial charge on any atom is -0.488 e. The summed E-state index contributed by atoms with van der Waals surface area (Å²) >= 11 is 12.1. The van der Waals surface area contributed by atoms with E-state index in [2.05, 4.69) is 5.32 Å². The van der Waals surface area contributed by atoms with Crippen LogP contribution in [-0.4, -0.2) is 17.8 Å². The molecule has 4 rings (SSSR count). The molecule has 0 atom stereocenters. The summed E-state index contributed by atoms with van der Waals surface area (Å²) in [4.78, 5) is 38.9. The van der Waals surface area contributed by atoms with Gasteiger partial charge in [0.1, 0.15) is 17.9 Å². The van der Waals surface area contributed by atoms with E-state index in [4.69, 9.17) is 27.9 Å². The van der Waals surface area contributed by atoms with Crippen LogP contribution in [0, 0.1) is 6.92 Å². The second kappa shape index (κ2) is 9.48. The molecule has 166 valence electrons. The van der Waals surface area contributed by atoms with Crippen LogP contribution in [0.15, 0.2) is 72.3 Å². The first-order valence-corrected chi connectivity index (χ1v) is 10.7. The van der Waals surface area contributed by atoms with Crippen LogP contribution in [0.4, 0.5) is 10.5 Å². The highest BCUT2D eigenvalue weighted by Gasteiger charge is 2.37. The van der Waals surface area contributed by atoms with Crippen molar-refractivity contribution in [1.29, 1.82) is 0 Å². The number of aryl methyl sites for hydroxylation is 1. The van der Waals surface area contributed by atoms with Crippen LogP contribution < -0.4 is 15.0 Å².